The molecule has 0 fully saturated rings. The third-order valence-electron chi connectivity index (χ3n) is 2.30. The zero-order valence-electron chi connectivity index (χ0n) is 9.65. The number of H-pyrrole nitrogens is 1. The smallest absolute Gasteiger partial charge is 0.273 e. The number of anilines is 1. The Bertz CT molecular complexity index is 534. The van der Waals surface area contributed by atoms with Gasteiger partial charge in [-0.2, -0.15) is 0 Å². The third kappa shape index (κ3) is 2.44. The Labute approximate surface area is 98.8 Å². The number of carbonyl (C=O) groups excluding carboxylic acids is 1. The number of imidazole rings is 1. The van der Waals surface area contributed by atoms with Gasteiger partial charge in [-0.25, -0.2) is 4.98 Å². The number of carbonyl (C=O) groups is 1. The molecule has 0 spiro atoms. The number of aryl methyl sites for hydroxylation is 1. The molecule has 1 aromatic heterocycles. The van der Waals surface area contributed by atoms with Gasteiger partial charge >= 0.3 is 0 Å². The number of nitrogens with zero attached hydrogens (tertiary/aromatic N) is 1. The summed E-state index contributed by atoms with van der Waals surface area (Å²) in [7, 11) is 1.56. The van der Waals surface area contributed by atoms with E-state index in [9.17, 15) is 4.79 Å². The van der Waals surface area contributed by atoms with Gasteiger partial charge in [-0.15, -0.1) is 0 Å². The zero-order valence-corrected chi connectivity index (χ0v) is 9.65. The lowest BCUT2D eigenvalue weighted by atomic mass is 10.3. The fourth-order valence-electron chi connectivity index (χ4n) is 1.47. The summed E-state index contributed by atoms with van der Waals surface area (Å²) in [6, 6.07) is 7.24. The van der Waals surface area contributed by atoms with Crippen molar-refractivity contribution in [3.05, 3.63) is 42.0 Å². The number of hydrogen-bond acceptors (Lipinski definition) is 3. The first-order valence-corrected chi connectivity index (χ1v) is 5.16. The van der Waals surface area contributed by atoms with Gasteiger partial charge in [-0.1, -0.05) is 12.1 Å². The van der Waals surface area contributed by atoms with Crippen LogP contribution in [0.2, 0.25) is 0 Å². The van der Waals surface area contributed by atoms with E-state index in [0.29, 0.717) is 23.0 Å². The Hall–Kier alpha value is -2.30. The molecule has 2 N–H and O–H groups in total. The second-order valence-corrected chi connectivity index (χ2v) is 3.54. The molecule has 1 aromatic carbocycles. The summed E-state index contributed by atoms with van der Waals surface area (Å²) in [5, 5.41) is 2.76. The summed E-state index contributed by atoms with van der Waals surface area (Å²) in [6.07, 6.45) is 1.50. The highest BCUT2D eigenvalue weighted by molar-refractivity contribution is 6.03. The molecule has 17 heavy (non-hydrogen) atoms. The number of rotatable bonds is 3. The van der Waals surface area contributed by atoms with Crippen LogP contribution in [0.25, 0.3) is 0 Å². The quantitative estimate of drug-likeness (QED) is 0.848. The Morgan fingerprint density at radius 1 is 1.41 bits per heavy atom. The molecule has 0 aliphatic heterocycles. The Morgan fingerprint density at radius 3 is 2.82 bits per heavy atom. The molecule has 2 aromatic rings. The fraction of sp³-hybridized carbons (Fsp3) is 0.167. The summed E-state index contributed by atoms with van der Waals surface area (Å²) in [5.74, 6) is 1.09. The Balaban J connectivity index is 2.18. The maximum absolute atomic E-state index is 11.9. The minimum Gasteiger partial charge on any atom is -0.495 e. The highest BCUT2D eigenvalue weighted by Gasteiger charge is 2.10. The summed E-state index contributed by atoms with van der Waals surface area (Å²) in [5.41, 5.74) is 1.06. The van der Waals surface area contributed by atoms with Gasteiger partial charge in [0.05, 0.1) is 19.0 Å². The molecule has 88 valence electrons. The van der Waals surface area contributed by atoms with Gasteiger partial charge in [0.1, 0.15) is 17.3 Å². The van der Waals surface area contributed by atoms with Crippen molar-refractivity contribution in [1.82, 2.24) is 9.97 Å². The van der Waals surface area contributed by atoms with E-state index in [2.05, 4.69) is 15.3 Å². The molecule has 0 atom stereocenters. The van der Waals surface area contributed by atoms with Crippen molar-refractivity contribution in [1.29, 1.82) is 0 Å². The highest BCUT2D eigenvalue weighted by Crippen LogP contribution is 2.23. The van der Waals surface area contributed by atoms with Crippen LogP contribution in [0.1, 0.15) is 16.3 Å². The van der Waals surface area contributed by atoms with Crippen molar-refractivity contribution < 1.29 is 9.53 Å². The van der Waals surface area contributed by atoms with E-state index in [-0.39, 0.29) is 5.91 Å². The van der Waals surface area contributed by atoms with Crippen LogP contribution in [-0.2, 0) is 0 Å². The molecule has 0 saturated carbocycles. The molecule has 0 radical (unpaired) electrons. The number of amides is 1. The van der Waals surface area contributed by atoms with Crippen LogP contribution in [0.5, 0.6) is 5.75 Å². The van der Waals surface area contributed by atoms with E-state index >= 15 is 0 Å². The van der Waals surface area contributed by atoms with Gasteiger partial charge < -0.3 is 15.0 Å². The van der Waals surface area contributed by atoms with Crippen molar-refractivity contribution in [3.8, 4) is 5.75 Å². The fourth-order valence-corrected chi connectivity index (χ4v) is 1.47. The van der Waals surface area contributed by atoms with Gasteiger partial charge in [0, 0.05) is 0 Å². The molecular formula is C12H13N3O2. The van der Waals surface area contributed by atoms with Gasteiger partial charge in [0.25, 0.3) is 5.91 Å². The molecule has 0 aliphatic carbocycles. The summed E-state index contributed by atoms with van der Waals surface area (Å²) in [4.78, 5) is 18.7. The molecule has 5 nitrogen and oxygen atoms in total. The number of aromatic amines is 1. The molecule has 0 aliphatic rings. The van der Waals surface area contributed by atoms with E-state index in [1.54, 1.807) is 26.2 Å². The zero-order chi connectivity index (χ0) is 12.3. The molecule has 2 rings (SSSR count). The van der Waals surface area contributed by atoms with E-state index in [1.807, 2.05) is 12.1 Å². The first-order chi connectivity index (χ1) is 8.20. The molecular weight excluding hydrogens is 218 g/mol. The average Bonchev–Trinajstić information content (AvgIpc) is 2.77. The normalized spacial score (nSPS) is 10.0. The number of methoxy groups -OCH3 is 1. The number of aromatic nitrogens is 2. The molecule has 5 heteroatoms. The van der Waals surface area contributed by atoms with Crippen LogP contribution >= 0.6 is 0 Å². The van der Waals surface area contributed by atoms with Crippen LogP contribution in [0.15, 0.2) is 30.5 Å². The largest absolute Gasteiger partial charge is 0.495 e. The summed E-state index contributed by atoms with van der Waals surface area (Å²) in [6.45, 7) is 1.79. The van der Waals surface area contributed by atoms with Crippen LogP contribution < -0.4 is 10.1 Å². The lowest BCUT2D eigenvalue weighted by Crippen LogP contribution is -2.13. The lowest BCUT2D eigenvalue weighted by molar-refractivity contribution is 0.102. The van der Waals surface area contributed by atoms with Crippen molar-refractivity contribution in [2.45, 2.75) is 6.92 Å². The first kappa shape index (κ1) is 11.2. The molecule has 0 saturated heterocycles. The number of ether oxygens (including phenoxy) is 1. The lowest BCUT2D eigenvalue weighted by Gasteiger charge is -2.08. The van der Waals surface area contributed by atoms with Crippen LogP contribution in [0.4, 0.5) is 5.69 Å². The topological polar surface area (TPSA) is 67.0 Å². The highest BCUT2D eigenvalue weighted by atomic mass is 16.5. The van der Waals surface area contributed by atoms with Crippen molar-refractivity contribution in [2.24, 2.45) is 0 Å². The van der Waals surface area contributed by atoms with E-state index in [1.165, 1.54) is 6.20 Å². The van der Waals surface area contributed by atoms with E-state index in [4.69, 9.17) is 4.74 Å². The van der Waals surface area contributed by atoms with Crippen LogP contribution in [0.3, 0.4) is 0 Å². The van der Waals surface area contributed by atoms with Gasteiger partial charge in [-0.05, 0) is 19.1 Å². The monoisotopic (exact) mass is 231 g/mol. The Morgan fingerprint density at radius 2 is 2.18 bits per heavy atom. The predicted octanol–water partition coefficient (Wildman–Crippen LogP) is 1.98. The summed E-state index contributed by atoms with van der Waals surface area (Å²) < 4.78 is 5.15. The third-order valence-corrected chi connectivity index (χ3v) is 2.30. The standard InChI is InChI=1S/C12H13N3O2/c1-8-13-7-10(14-8)12(16)15-9-5-3-4-6-11(9)17-2/h3-7H,1-2H3,(H,13,14)(H,15,16). The second-order valence-electron chi connectivity index (χ2n) is 3.54. The van der Waals surface area contributed by atoms with E-state index < -0.39 is 0 Å². The number of hydrogen-bond donors (Lipinski definition) is 2. The van der Waals surface area contributed by atoms with Gasteiger partial charge in [0.15, 0.2) is 0 Å². The van der Waals surface area contributed by atoms with Crippen molar-refractivity contribution in [2.75, 3.05) is 12.4 Å². The first-order valence-electron chi connectivity index (χ1n) is 5.16. The minimum absolute atomic E-state index is 0.241. The van der Waals surface area contributed by atoms with Crippen LogP contribution in [0, 0.1) is 6.92 Å². The average molecular weight is 231 g/mol. The van der Waals surface area contributed by atoms with Gasteiger partial charge in [0.2, 0.25) is 0 Å². The molecule has 0 bridgehead atoms. The maximum Gasteiger partial charge on any atom is 0.273 e. The number of benzene rings is 1. The minimum atomic E-state index is -0.241. The predicted molar refractivity (Wildman–Crippen MR) is 64.3 cm³/mol. The summed E-state index contributed by atoms with van der Waals surface area (Å²) >= 11 is 0. The molecule has 1 amide bonds. The van der Waals surface area contributed by atoms with E-state index in [0.717, 1.165) is 0 Å². The second kappa shape index (κ2) is 4.69. The number of para-hydroxylation sites is 2. The number of nitrogens with one attached hydrogen (secondary N) is 2. The Kier molecular flexibility index (Phi) is 3.09. The maximum atomic E-state index is 11.9. The van der Waals surface area contributed by atoms with Crippen molar-refractivity contribution >= 4 is 11.6 Å². The molecule has 0 unspecified atom stereocenters. The SMILES string of the molecule is COc1ccccc1NC(=O)c1cnc(C)[nH]1. The molecule has 1 heterocycles. The van der Waals surface area contributed by atoms with Crippen molar-refractivity contribution in [3.63, 3.8) is 0 Å². The van der Waals surface area contributed by atoms with Gasteiger partial charge in [-0.3, -0.25) is 4.79 Å². The van der Waals surface area contributed by atoms with Crippen LogP contribution in [-0.4, -0.2) is 23.0 Å².